The summed E-state index contributed by atoms with van der Waals surface area (Å²) in [4.78, 5) is 31.1. The van der Waals surface area contributed by atoms with Crippen LogP contribution in [-0.2, 0) is 16.1 Å². The van der Waals surface area contributed by atoms with Gasteiger partial charge in [-0.1, -0.05) is 25.1 Å². The zero-order valence-corrected chi connectivity index (χ0v) is 20.2. The number of hydrogen-bond donors (Lipinski definition) is 0. The minimum absolute atomic E-state index is 0.0553. The molecule has 3 rings (SSSR count). The molecule has 8 heteroatoms. The number of para-hydroxylation sites is 1. The molecule has 2 aromatic rings. The van der Waals surface area contributed by atoms with Crippen LogP contribution in [0.25, 0.3) is 0 Å². The molecule has 34 heavy (non-hydrogen) atoms. The van der Waals surface area contributed by atoms with Crippen molar-refractivity contribution in [2.45, 2.75) is 39.7 Å². The maximum absolute atomic E-state index is 14.3. The zero-order chi connectivity index (χ0) is 24.7. The Kier molecular flexibility index (Phi) is 8.98. The fourth-order valence-corrected chi connectivity index (χ4v) is 4.11. The van der Waals surface area contributed by atoms with Gasteiger partial charge in [-0.15, -0.1) is 0 Å². The Morgan fingerprint density at radius 1 is 0.971 bits per heavy atom. The molecule has 2 aromatic carbocycles. The summed E-state index contributed by atoms with van der Waals surface area (Å²) in [6, 6.07) is 9.60. The van der Waals surface area contributed by atoms with Crippen molar-refractivity contribution in [1.82, 2.24) is 9.80 Å². The van der Waals surface area contributed by atoms with Crippen molar-refractivity contribution in [3.63, 3.8) is 0 Å². The summed E-state index contributed by atoms with van der Waals surface area (Å²) in [6.07, 6.45) is 1.66. The Hall–Kier alpha value is -3.00. The number of carbonyl (C=O) groups is 2. The van der Waals surface area contributed by atoms with Gasteiger partial charge in [0.25, 0.3) is 5.91 Å². The first-order valence-corrected chi connectivity index (χ1v) is 11.7. The van der Waals surface area contributed by atoms with Crippen LogP contribution < -0.4 is 9.64 Å². The second kappa shape index (κ2) is 11.9. The van der Waals surface area contributed by atoms with Crippen LogP contribution in [0.15, 0.2) is 36.4 Å². The van der Waals surface area contributed by atoms with E-state index < -0.39 is 11.6 Å². The number of nitrogens with zero attached hydrogens (tertiary/aromatic N) is 3. The molecule has 0 aromatic heterocycles. The average Bonchev–Trinajstić information content (AvgIpc) is 2.81. The first-order chi connectivity index (χ1) is 16.3. The van der Waals surface area contributed by atoms with Gasteiger partial charge in [0.2, 0.25) is 5.91 Å². The van der Waals surface area contributed by atoms with Crippen molar-refractivity contribution in [2.75, 3.05) is 44.7 Å². The van der Waals surface area contributed by atoms with E-state index in [2.05, 4.69) is 4.90 Å². The van der Waals surface area contributed by atoms with Crippen LogP contribution in [0, 0.1) is 18.6 Å². The van der Waals surface area contributed by atoms with Gasteiger partial charge in [-0.2, -0.15) is 0 Å². The average molecular weight is 474 g/mol. The van der Waals surface area contributed by atoms with Gasteiger partial charge in [0, 0.05) is 32.1 Å². The number of benzene rings is 2. The Morgan fingerprint density at radius 2 is 1.65 bits per heavy atom. The van der Waals surface area contributed by atoms with Crippen LogP contribution in [-0.4, -0.2) is 61.4 Å². The van der Waals surface area contributed by atoms with E-state index >= 15 is 0 Å². The number of amides is 2. The third kappa shape index (κ3) is 6.53. The number of carbonyl (C=O) groups excluding carboxylic acids is 2. The second-order valence-electron chi connectivity index (χ2n) is 8.67. The van der Waals surface area contributed by atoms with Gasteiger partial charge < -0.3 is 19.4 Å². The molecule has 6 nitrogen and oxygen atoms in total. The van der Waals surface area contributed by atoms with Gasteiger partial charge in [0.1, 0.15) is 5.75 Å². The number of hydrogen-bond acceptors (Lipinski definition) is 4. The van der Waals surface area contributed by atoms with Crippen LogP contribution in [0.1, 0.15) is 37.3 Å². The third-order valence-corrected chi connectivity index (χ3v) is 6.06. The highest BCUT2D eigenvalue weighted by atomic mass is 19.2. The molecule has 1 heterocycles. The highest BCUT2D eigenvalue weighted by Crippen LogP contribution is 2.27. The molecule has 0 radical (unpaired) electrons. The fraction of sp³-hybridized carbons (Fsp3) is 0.462. The smallest absolute Gasteiger partial charge is 0.260 e. The molecular weight excluding hydrogens is 440 g/mol. The first kappa shape index (κ1) is 25.6. The normalized spacial score (nSPS) is 15.8. The fourth-order valence-electron chi connectivity index (χ4n) is 4.11. The number of rotatable bonds is 4. The highest BCUT2D eigenvalue weighted by molar-refractivity contribution is 5.94. The standard InChI is InChI=1S/C26H33F2N3O3/c1-4-25(32)31-14-8-12-29(3)11-7-13-30(17-20-15-21(27)22(28)16-23(20)31)26(33)18-34-24-10-6-5-9-19(24)2/h5-6,9-10,15-16H,4,7-8,11-14,17-18H2,1-3H3. The van der Waals surface area contributed by atoms with Gasteiger partial charge in [0.15, 0.2) is 18.2 Å². The monoisotopic (exact) mass is 473 g/mol. The lowest BCUT2D eigenvalue weighted by atomic mass is 10.1. The lowest BCUT2D eigenvalue weighted by Gasteiger charge is -2.31. The molecule has 0 saturated heterocycles. The first-order valence-electron chi connectivity index (χ1n) is 11.7. The Labute approximate surface area is 200 Å². The molecule has 0 fully saturated rings. The molecule has 1 aliphatic heterocycles. The van der Waals surface area contributed by atoms with E-state index in [1.807, 2.05) is 32.2 Å². The topological polar surface area (TPSA) is 53.1 Å². The maximum atomic E-state index is 14.3. The quantitative estimate of drug-likeness (QED) is 0.670. The second-order valence-corrected chi connectivity index (χ2v) is 8.67. The van der Waals surface area contributed by atoms with Gasteiger partial charge >= 0.3 is 0 Å². The van der Waals surface area contributed by atoms with E-state index in [9.17, 15) is 18.4 Å². The van der Waals surface area contributed by atoms with Gasteiger partial charge in [-0.05, 0) is 63.2 Å². The number of anilines is 1. The van der Waals surface area contributed by atoms with Gasteiger partial charge in [0.05, 0.1) is 5.69 Å². The predicted molar refractivity (Wildman–Crippen MR) is 128 cm³/mol. The molecule has 0 unspecified atom stereocenters. The summed E-state index contributed by atoms with van der Waals surface area (Å²) < 4.78 is 34.3. The maximum Gasteiger partial charge on any atom is 0.260 e. The van der Waals surface area contributed by atoms with E-state index in [4.69, 9.17) is 4.74 Å². The van der Waals surface area contributed by atoms with E-state index in [1.165, 1.54) is 4.90 Å². The van der Waals surface area contributed by atoms with Crippen LogP contribution >= 0.6 is 0 Å². The van der Waals surface area contributed by atoms with Crippen LogP contribution in [0.5, 0.6) is 5.75 Å². The van der Waals surface area contributed by atoms with E-state index in [1.54, 1.807) is 17.9 Å². The number of fused-ring (bicyclic) bond motifs is 1. The molecule has 184 valence electrons. The summed E-state index contributed by atoms with van der Waals surface area (Å²) >= 11 is 0. The molecule has 0 atom stereocenters. The molecule has 0 bridgehead atoms. The van der Waals surface area contributed by atoms with Crippen LogP contribution in [0.3, 0.4) is 0 Å². The lowest BCUT2D eigenvalue weighted by molar-refractivity contribution is -0.134. The number of aryl methyl sites for hydroxylation is 1. The minimum Gasteiger partial charge on any atom is -0.484 e. The summed E-state index contributed by atoms with van der Waals surface area (Å²) in [7, 11) is 1.99. The summed E-state index contributed by atoms with van der Waals surface area (Å²) in [5, 5.41) is 0. The minimum atomic E-state index is -1.02. The van der Waals surface area contributed by atoms with Crippen molar-refractivity contribution >= 4 is 17.5 Å². The Morgan fingerprint density at radius 3 is 2.35 bits per heavy atom. The lowest BCUT2D eigenvalue weighted by Crippen LogP contribution is -2.39. The summed E-state index contributed by atoms with van der Waals surface area (Å²) in [5.74, 6) is -1.83. The van der Waals surface area contributed by atoms with Crippen molar-refractivity contribution in [3.05, 3.63) is 59.2 Å². The summed E-state index contributed by atoms with van der Waals surface area (Å²) in [5.41, 5.74) is 1.63. The van der Waals surface area contributed by atoms with Crippen molar-refractivity contribution in [1.29, 1.82) is 0 Å². The van der Waals surface area contributed by atoms with Crippen molar-refractivity contribution in [3.8, 4) is 5.75 Å². The molecule has 1 aliphatic rings. The van der Waals surface area contributed by atoms with Crippen molar-refractivity contribution in [2.24, 2.45) is 0 Å². The molecule has 2 amide bonds. The molecule has 0 spiro atoms. The molecule has 0 aliphatic carbocycles. The van der Waals surface area contributed by atoms with Crippen molar-refractivity contribution < 1.29 is 23.1 Å². The van der Waals surface area contributed by atoms with E-state index in [0.29, 0.717) is 36.5 Å². The van der Waals surface area contributed by atoms with Crippen LogP contribution in [0.4, 0.5) is 14.5 Å². The Bertz CT molecular complexity index is 1010. The number of ether oxygens (including phenoxy) is 1. The van der Waals surface area contributed by atoms with E-state index in [-0.39, 0.29) is 31.4 Å². The third-order valence-electron chi connectivity index (χ3n) is 6.06. The van der Waals surface area contributed by atoms with E-state index in [0.717, 1.165) is 37.2 Å². The molecule has 0 N–H and O–H groups in total. The SMILES string of the molecule is CCC(=O)N1CCCN(C)CCCN(C(=O)COc2ccccc2C)Cc2cc(F)c(F)cc21. The Balaban J connectivity index is 1.91. The zero-order valence-electron chi connectivity index (χ0n) is 20.2. The predicted octanol–water partition coefficient (Wildman–Crippen LogP) is 4.15. The summed E-state index contributed by atoms with van der Waals surface area (Å²) in [6.45, 7) is 5.87. The number of halogens is 2. The van der Waals surface area contributed by atoms with Gasteiger partial charge in [-0.3, -0.25) is 9.59 Å². The highest BCUT2D eigenvalue weighted by Gasteiger charge is 2.24. The van der Waals surface area contributed by atoms with Gasteiger partial charge in [-0.25, -0.2) is 8.78 Å². The van der Waals surface area contributed by atoms with Crippen LogP contribution in [0.2, 0.25) is 0 Å². The molecular formula is C26H33F2N3O3. The molecule has 0 saturated carbocycles. The largest absolute Gasteiger partial charge is 0.484 e.